The van der Waals surface area contributed by atoms with Crippen LogP contribution in [0.1, 0.15) is 42.3 Å². The summed E-state index contributed by atoms with van der Waals surface area (Å²) in [7, 11) is 2.08. The summed E-state index contributed by atoms with van der Waals surface area (Å²) in [6, 6.07) is 10.8. The van der Waals surface area contributed by atoms with Crippen LogP contribution in [0.15, 0.2) is 30.3 Å². The first-order valence-electron chi connectivity index (χ1n) is 8.56. The average Bonchev–Trinajstić information content (AvgIpc) is 2.83. The number of rotatable bonds is 5. The first-order chi connectivity index (χ1) is 11.8. The maximum Gasteiger partial charge on any atom is 0.254 e. The first-order valence-corrected chi connectivity index (χ1v) is 8.97. The molecule has 132 valence electrons. The Balaban J connectivity index is 1.78. The lowest BCUT2D eigenvalue weighted by Crippen LogP contribution is -2.22. The molecule has 0 bridgehead atoms. The van der Waals surface area contributed by atoms with Crippen molar-refractivity contribution in [3.8, 4) is 0 Å². The van der Waals surface area contributed by atoms with Gasteiger partial charge in [0.2, 0.25) is 4.77 Å². The van der Waals surface area contributed by atoms with Gasteiger partial charge in [0.25, 0.3) is 5.78 Å². The van der Waals surface area contributed by atoms with Gasteiger partial charge in [0.15, 0.2) is 0 Å². The van der Waals surface area contributed by atoms with Crippen molar-refractivity contribution in [2.24, 2.45) is 0 Å². The van der Waals surface area contributed by atoms with Gasteiger partial charge in [-0.1, -0.05) is 38.1 Å². The third-order valence-corrected chi connectivity index (χ3v) is 4.74. The van der Waals surface area contributed by atoms with Crippen LogP contribution >= 0.6 is 12.2 Å². The van der Waals surface area contributed by atoms with Gasteiger partial charge in [0.05, 0.1) is 6.67 Å². The van der Waals surface area contributed by atoms with E-state index in [1.54, 1.807) is 0 Å². The van der Waals surface area contributed by atoms with E-state index in [1.807, 2.05) is 29.0 Å². The third kappa shape index (κ3) is 3.80. The van der Waals surface area contributed by atoms with E-state index >= 15 is 0 Å². The second kappa shape index (κ2) is 7.06. The Bertz CT molecular complexity index is 937. The standard InChI is InChI=1S/C19H25N5S/c1-13(2)17-8-6-16(7-9-17)11-22(5)12-23-19(25)24-15(4)10-14(3)20-18(24)21-23/h6-10,13H,11-12H2,1-5H3. The molecule has 0 saturated carbocycles. The van der Waals surface area contributed by atoms with Crippen molar-refractivity contribution in [2.75, 3.05) is 7.05 Å². The molecule has 0 atom stereocenters. The summed E-state index contributed by atoms with van der Waals surface area (Å²) in [6.07, 6.45) is 0. The SMILES string of the molecule is Cc1cc(C)n2c(=S)n(CN(C)Cc3ccc(C(C)C)cc3)nc2n1. The topological polar surface area (TPSA) is 38.4 Å². The van der Waals surface area contributed by atoms with Gasteiger partial charge in [-0.3, -0.25) is 9.30 Å². The minimum atomic E-state index is 0.558. The average molecular weight is 356 g/mol. The minimum Gasteiger partial charge on any atom is -0.283 e. The Morgan fingerprint density at radius 2 is 1.84 bits per heavy atom. The first kappa shape index (κ1) is 17.8. The van der Waals surface area contributed by atoms with Gasteiger partial charge in [0, 0.05) is 17.9 Å². The van der Waals surface area contributed by atoms with Gasteiger partial charge in [-0.2, -0.15) is 0 Å². The molecule has 0 N–H and O–H groups in total. The third-order valence-electron chi connectivity index (χ3n) is 4.34. The van der Waals surface area contributed by atoms with Crippen molar-refractivity contribution in [3.05, 3.63) is 57.6 Å². The van der Waals surface area contributed by atoms with Crippen molar-refractivity contribution < 1.29 is 0 Å². The molecule has 1 aromatic carbocycles. The van der Waals surface area contributed by atoms with Crippen molar-refractivity contribution in [1.82, 2.24) is 24.1 Å². The lowest BCUT2D eigenvalue weighted by atomic mass is 10.0. The van der Waals surface area contributed by atoms with Gasteiger partial charge in [0.1, 0.15) is 0 Å². The maximum absolute atomic E-state index is 5.58. The predicted octanol–water partition coefficient (Wildman–Crippen LogP) is 4.09. The highest BCUT2D eigenvalue weighted by atomic mass is 32.1. The molecule has 6 heteroatoms. The monoisotopic (exact) mass is 355 g/mol. The van der Waals surface area contributed by atoms with E-state index in [-0.39, 0.29) is 0 Å². The highest BCUT2D eigenvalue weighted by molar-refractivity contribution is 7.71. The van der Waals surface area contributed by atoms with Crippen LogP contribution in [-0.2, 0) is 13.2 Å². The highest BCUT2D eigenvalue weighted by Gasteiger charge is 2.10. The summed E-state index contributed by atoms with van der Waals surface area (Å²) in [4.78, 5) is 6.68. The molecule has 0 aliphatic carbocycles. The molecular formula is C19H25N5S. The molecule has 3 aromatic rings. The second-order valence-electron chi connectivity index (χ2n) is 7.01. The fourth-order valence-corrected chi connectivity index (χ4v) is 3.35. The molecule has 3 rings (SSSR count). The Hall–Kier alpha value is -2.05. The fourth-order valence-electron chi connectivity index (χ4n) is 3.02. The minimum absolute atomic E-state index is 0.558. The Morgan fingerprint density at radius 1 is 1.16 bits per heavy atom. The second-order valence-corrected chi connectivity index (χ2v) is 7.37. The van der Waals surface area contributed by atoms with Crippen molar-refractivity contribution in [2.45, 2.75) is 46.8 Å². The molecule has 0 amide bonds. The molecule has 5 nitrogen and oxygen atoms in total. The summed E-state index contributed by atoms with van der Waals surface area (Å²) >= 11 is 5.58. The molecule has 2 heterocycles. The van der Waals surface area contributed by atoms with E-state index in [1.165, 1.54) is 11.1 Å². The number of aryl methyl sites for hydroxylation is 2. The molecule has 0 unspecified atom stereocenters. The Kier molecular flexibility index (Phi) is 5.01. The number of fused-ring (bicyclic) bond motifs is 1. The molecule has 0 radical (unpaired) electrons. The molecule has 2 aromatic heterocycles. The normalized spacial score (nSPS) is 11.8. The number of aromatic nitrogens is 4. The van der Waals surface area contributed by atoms with Crippen LogP contribution in [0.3, 0.4) is 0 Å². The summed E-state index contributed by atoms with van der Waals surface area (Å²) in [5.41, 5.74) is 4.67. The van der Waals surface area contributed by atoms with Crippen LogP contribution in [0.5, 0.6) is 0 Å². The van der Waals surface area contributed by atoms with Gasteiger partial charge in [-0.25, -0.2) is 9.67 Å². The molecular weight excluding hydrogens is 330 g/mol. The zero-order valence-electron chi connectivity index (χ0n) is 15.5. The fraction of sp³-hybridized carbons (Fsp3) is 0.421. The number of hydrogen-bond donors (Lipinski definition) is 0. The summed E-state index contributed by atoms with van der Waals surface area (Å²) in [6.45, 7) is 9.91. The zero-order chi connectivity index (χ0) is 18.1. The van der Waals surface area contributed by atoms with E-state index in [9.17, 15) is 0 Å². The van der Waals surface area contributed by atoms with Crippen LogP contribution < -0.4 is 0 Å². The molecule has 25 heavy (non-hydrogen) atoms. The summed E-state index contributed by atoms with van der Waals surface area (Å²) in [5, 5.41) is 4.58. The van der Waals surface area contributed by atoms with Crippen molar-refractivity contribution >= 4 is 18.0 Å². The van der Waals surface area contributed by atoms with E-state index < -0.39 is 0 Å². The van der Waals surface area contributed by atoms with Crippen LogP contribution in [0, 0.1) is 18.6 Å². The largest absolute Gasteiger partial charge is 0.283 e. The van der Waals surface area contributed by atoms with Gasteiger partial charge in [-0.15, -0.1) is 5.10 Å². The van der Waals surface area contributed by atoms with E-state index in [0.29, 0.717) is 23.1 Å². The van der Waals surface area contributed by atoms with Gasteiger partial charge < -0.3 is 0 Å². The van der Waals surface area contributed by atoms with E-state index in [0.717, 1.165) is 17.9 Å². The van der Waals surface area contributed by atoms with Crippen LogP contribution in [0.2, 0.25) is 0 Å². The molecule has 0 fully saturated rings. The summed E-state index contributed by atoms with van der Waals surface area (Å²) in [5.74, 6) is 1.22. The van der Waals surface area contributed by atoms with Gasteiger partial charge >= 0.3 is 0 Å². The molecule has 0 spiro atoms. The zero-order valence-corrected chi connectivity index (χ0v) is 16.3. The number of benzene rings is 1. The predicted molar refractivity (Wildman–Crippen MR) is 103 cm³/mol. The van der Waals surface area contributed by atoms with Crippen molar-refractivity contribution in [1.29, 1.82) is 0 Å². The van der Waals surface area contributed by atoms with Crippen molar-refractivity contribution in [3.63, 3.8) is 0 Å². The Morgan fingerprint density at radius 3 is 2.48 bits per heavy atom. The van der Waals surface area contributed by atoms with Crippen LogP contribution in [0.25, 0.3) is 5.78 Å². The lowest BCUT2D eigenvalue weighted by molar-refractivity contribution is 0.244. The Labute approximate surface area is 153 Å². The molecule has 0 aliphatic heterocycles. The van der Waals surface area contributed by atoms with E-state index in [2.05, 4.69) is 60.1 Å². The summed E-state index contributed by atoms with van der Waals surface area (Å²) < 4.78 is 4.45. The maximum atomic E-state index is 5.58. The lowest BCUT2D eigenvalue weighted by Gasteiger charge is -2.17. The van der Waals surface area contributed by atoms with Gasteiger partial charge in [-0.05, 0) is 56.2 Å². The molecule has 0 aliphatic rings. The molecule has 0 saturated heterocycles. The number of nitrogens with zero attached hydrogens (tertiary/aromatic N) is 5. The number of hydrogen-bond acceptors (Lipinski definition) is 4. The van der Waals surface area contributed by atoms with Crippen LogP contribution in [-0.4, -0.2) is 31.1 Å². The van der Waals surface area contributed by atoms with E-state index in [4.69, 9.17) is 12.2 Å². The smallest absolute Gasteiger partial charge is 0.254 e. The quantitative estimate of drug-likeness (QED) is 0.646. The highest BCUT2D eigenvalue weighted by Crippen LogP contribution is 2.16. The van der Waals surface area contributed by atoms with Crippen LogP contribution in [0.4, 0.5) is 0 Å².